The summed E-state index contributed by atoms with van der Waals surface area (Å²) in [5.41, 5.74) is 3.25. The number of ether oxygens (including phenoxy) is 1. The van der Waals surface area contributed by atoms with Crippen LogP contribution in [0, 0.1) is 0 Å². The monoisotopic (exact) mass is 301 g/mol. The molecule has 0 aliphatic carbocycles. The van der Waals surface area contributed by atoms with Crippen LogP contribution in [0.25, 0.3) is 22.2 Å². The zero-order chi connectivity index (χ0) is 12.5. The van der Waals surface area contributed by atoms with Gasteiger partial charge in [0.1, 0.15) is 5.75 Å². The predicted octanol–water partition coefficient (Wildman–Crippen LogP) is 4.61. The number of hydrogen-bond donors (Lipinski definition) is 1. The topological polar surface area (TPSA) is 25.0 Å². The maximum atomic E-state index is 5.39. The van der Waals surface area contributed by atoms with Crippen molar-refractivity contribution < 1.29 is 4.74 Å². The molecule has 2 aromatic carbocycles. The van der Waals surface area contributed by atoms with Gasteiger partial charge in [-0.25, -0.2) is 0 Å². The van der Waals surface area contributed by atoms with E-state index in [0.29, 0.717) is 0 Å². The summed E-state index contributed by atoms with van der Waals surface area (Å²) in [6.45, 7) is 0. The molecule has 90 valence electrons. The first-order valence-electron chi connectivity index (χ1n) is 5.70. The molecular weight excluding hydrogens is 290 g/mol. The minimum atomic E-state index is 0.875. The van der Waals surface area contributed by atoms with E-state index in [1.165, 1.54) is 5.39 Å². The standard InChI is InChI=1S/C15H12BrNO/c1-18-14-8-3-2-6-11(14)13-9-10-5-4-7-12(16)15(10)17-13/h2-9,17H,1H3. The van der Waals surface area contributed by atoms with Crippen molar-refractivity contribution in [3.05, 3.63) is 53.0 Å². The highest BCUT2D eigenvalue weighted by Crippen LogP contribution is 2.33. The number of nitrogens with one attached hydrogen (secondary N) is 1. The van der Waals surface area contributed by atoms with Crippen LogP contribution in [0.1, 0.15) is 0 Å². The van der Waals surface area contributed by atoms with Crippen molar-refractivity contribution in [3.63, 3.8) is 0 Å². The number of halogens is 1. The fourth-order valence-corrected chi connectivity index (χ4v) is 2.61. The number of para-hydroxylation sites is 2. The molecule has 0 saturated heterocycles. The van der Waals surface area contributed by atoms with Crippen molar-refractivity contribution in [1.29, 1.82) is 0 Å². The number of aromatic nitrogens is 1. The van der Waals surface area contributed by atoms with Crippen LogP contribution in [0.5, 0.6) is 5.75 Å². The van der Waals surface area contributed by atoms with Gasteiger partial charge in [0, 0.05) is 15.4 Å². The number of methoxy groups -OCH3 is 1. The first-order valence-corrected chi connectivity index (χ1v) is 6.49. The third-order valence-electron chi connectivity index (χ3n) is 3.00. The van der Waals surface area contributed by atoms with Gasteiger partial charge in [-0.2, -0.15) is 0 Å². The summed E-state index contributed by atoms with van der Waals surface area (Å²) in [6, 6.07) is 16.3. The molecule has 0 fully saturated rings. The molecule has 0 radical (unpaired) electrons. The molecule has 2 nitrogen and oxygen atoms in total. The minimum absolute atomic E-state index is 0.875. The second kappa shape index (κ2) is 4.50. The van der Waals surface area contributed by atoms with E-state index in [1.807, 2.05) is 30.3 Å². The van der Waals surface area contributed by atoms with Crippen LogP contribution < -0.4 is 4.74 Å². The summed E-state index contributed by atoms with van der Waals surface area (Å²) < 4.78 is 6.46. The van der Waals surface area contributed by atoms with Gasteiger partial charge in [-0.05, 0) is 40.2 Å². The second-order valence-corrected chi connectivity index (χ2v) is 4.94. The van der Waals surface area contributed by atoms with Gasteiger partial charge in [-0.15, -0.1) is 0 Å². The highest BCUT2D eigenvalue weighted by Gasteiger charge is 2.09. The van der Waals surface area contributed by atoms with E-state index in [1.54, 1.807) is 7.11 Å². The highest BCUT2D eigenvalue weighted by molar-refractivity contribution is 9.10. The predicted molar refractivity (Wildman–Crippen MR) is 78.0 cm³/mol. The Labute approximate surface area is 114 Å². The van der Waals surface area contributed by atoms with E-state index in [2.05, 4.69) is 39.1 Å². The first-order chi connectivity index (χ1) is 8.79. The SMILES string of the molecule is COc1ccccc1-c1cc2cccc(Br)c2[nH]1. The van der Waals surface area contributed by atoms with Gasteiger partial charge >= 0.3 is 0 Å². The number of hydrogen-bond acceptors (Lipinski definition) is 1. The molecule has 3 rings (SSSR count). The molecule has 0 spiro atoms. The van der Waals surface area contributed by atoms with Crippen molar-refractivity contribution in [1.82, 2.24) is 4.98 Å². The molecule has 0 saturated carbocycles. The Kier molecular flexibility index (Phi) is 2.84. The van der Waals surface area contributed by atoms with Gasteiger partial charge in [0.25, 0.3) is 0 Å². The van der Waals surface area contributed by atoms with Crippen LogP contribution >= 0.6 is 15.9 Å². The van der Waals surface area contributed by atoms with Crippen LogP contribution in [-0.4, -0.2) is 12.1 Å². The van der Waals surface area contributed by atoms with Gasteiger partial charge in [0.2, 0.25) is 0 Å². The molecule has 1 N–H and O–H groups in total. The van der Waals surface area contributed by atoms with Crippen LogP contribution in [0.2, 0.25) is 0 Å². The summed E-state index contributed by atoms with van der Waals surface area (Å²) in [7, 11) is 1.69. The molecule has 0 bridgehead atoms. The van der Waals surface area contributed by atoms with Gasteiger partial charge in [-0.3, -0.25) is 0 Å². The number of H-pyrrole nitrogens is 1. The van der Waals surface area contributed by atoms with Crippen molar-refractivity contribution in [3.8, 4) is 17.0 Å². The highest BCUT2D eigenvalue weighted by atomic mass is 79.9. The van der Waals surface area contributed by atoms with Crippen LogP contribution in [0.4, 0.5) is 0 Å². The van der Waals surface area contributed by atoms with Crippen LogP contribution in [0.3, 0.4) is 0 Å². The van der Waals surface area contributed by atoms with E-state index in [0.717, 1.165) is 27.0 Å². The van der Waals surface area contributed by atoms with E-state index < -0.39 is 0 Å². The Balaban J connectivity index is 2.23. The lowest BCUT2D eigenvalue weighted by Gasteiger charge is -2.05. The summed E-state index contributed by atoms with van der Waals surface area (Å²) in [5, 5.41) is 1.19. The smallest absolute Gasteiger partial charge is 0.128 e. The molecule has 1 aromatic heterocycles. The summed E-state index contributed by atoms with van der Waals surface area (Å²) in [6.07, 6.45) is 0. The normalized spacial score (nSPS) is 10.8. The first kappa shape index (κ1) is 11.4. The summed E-state index contributed by atoms with van der Waals surface area (Å²) in [5.74, 6) is 0.875. The lowest BCUT2D eigenvalue weighted by Crippen LogP contribution is -1.86. The second-order valence-electron chi connectivity index (χ2n) is 4.09. The molecule has 0 atom stereocenters. The average molecular weight is 302 g/mol. The minimum Gasteiger partial charge on any atom is -0.496 e. The zero-order valence-electron chi connectivity index (χ0n) is 9.91. The van der Waals surface area contributed by atoms with Crippen LogP contribution in [-0.2, 0) is 0 Å². The Morgan fingerprint density at radius 1 is 1.06 bits per heavy atom. The number of rotatable bonds is 2. The Morgan fingerprint density at radius 2 is 1.89 bits per heavy atom. The molecule has 3 heteroatoms. The number of benzene rings is 2. The Bertz CT molecular complexity index is 703. The Morgan fingerprint density at radius 3 is 2.67 bits per heavy atom. The molecule has 0 aliphatic heterocycles. The van der Waals surface area contributed by atoms with Gasteiger partial charge < -0.3 is 9.72 Å². The van der Waals surface area contributed by atoms with E-state index in [9.17, 15) is 0 Å². The van der Waals surface area contributed by atoms with E-state index in [4.69, 9.17) is 4.74 Å². The largest absolute Gasteiger partial charge is 0.496 e. The van der Waals surface area contributed by atoms with Gasteiger partial charge in [-0.1, -0.05) is 24.3 Å². The van der Waals surface area contributed by atoms with E-state index in [-0.39, 0.29) is 0 Å². The fraction of sp³-hybridized carbons (Fsp3) is 0.0667. The summed E-state index contributed by atoms with van der Waals surface area (Å²) in [4.78, 5) is 3.43. The molecule has 18 heavy (non-hydrogen) atoms. The molecule has 1 heterocycles. The van der Waals surface area contributed by atoms with Crippen LogP contribution in [0.15, 0.2) is 53.0 Å². The number of aromatic amines is 1. The lowest BCUT2D eigenvalue weighted by atomic mass is 10.1. The fourth-order valence-electron chi connectivity index (χ4n) is 2.13. The van der Waals surface area contributed by atoms with Crippen molar-refractivity contribution >= 4 is 26.8 Å². The third kappa shape index (κ3) is 1.81. The Hall–Kier alpha value is -1.74. The van der Waals surface area contributed by atoms with Gasteiger partial charge in [0.15, 0.2) is 0 Å². The van der Waals surface area contributed by atoms with Crippen molar-refractivity contribution in [2.45, 2.75) is 0 Å². The van der Waals surface area contributed by atoms with Crippen molar-refractivity contribution in [2.24, 2.45) is 0 Å². The molecule has 0 unspecified atom stereocenters. The quantitative estimate of drug-likeness (QED) is 0.735. The molecular formula is C15H12BrNO. The van der Waals surface area contributed by atoms with Crippen molar-refractivity contribution in [2.75, 3.05) is 7.11 Å². The van der Waals surface area contributed by atoms with E-state index >= 15 is 0 Å². The maximum absolute atomic E-state index is 5.39. The van der Waals surface area contributed by atoms with Gasteiger partial charge in [0.05, 0.1) is 18.3 Å². The number of fused-ring (bicyclic) bond motifs is 1. The molecule has 3 aromatic rings. The zero-order valence-corrected chi connectivity index (χ0v) is 11.5. The average Bonchev–Trinajstić information content (AvgIpc) is 2.84. The lowest BCUT2D eigenvalue weighted by molar-refractivity contribution is 0.416. The molecule has 0 amide bonds. The summed E-state index contributed by atoms with van der Waals surface area (Å²) >= 11 is 3.56. The molecule has 0 aliphatic rings. The maximum Gasteiger partial charge on any atom is 0.128 e. The third-order valence-corrected chi connectivity index (χ3v) is 3.66.